The van der Waals surface area contributed by atoms with Gasteiger partial charge in [0.2, 0.25) is 0 Å². The molecule has 27 heavy (non-hydrogen) atoms. The Balaban J connectivity index is 1.46. The lowest BCUT2D eigenvalue weighted by Gasteiger charge is -2.12. The van der Waals surface area contributed by atoms with E-state index >= 15 is 0 Å². The van der Waals surface area contributed by atoms with Crippen LogP contribution in [-0.4, -0.2) is 24.9 Å². The van der Waals surface area contributed by atoms with Crippen molar-refractivity contribution in [1.29, 1.82) is 0 Å². The number of H-pyrrole nitrogens is 2. The van der Waals surface area contributed by atoms with Gasteiger partial charge in [-0.15, -0.1) is 0 Å². The number of rotatable bonds is 4. The predicted octanol–water partition coefficient (Wildman–Crippen LogP) is 2.81. The highest BCUT2D eigenvalue weighted by Crippen LogP contribution is 2.29. The molecule has 0 aliphatic heterocycles. The van der Waals surface area contributed by atoms with Crippen LogP contribution in [0.25, 0.3) is 22.6 Å². The summed E-state index contributed by atoms with van der Waals surface area (Å²) in [6, 6.07) is 11.6. The Labute approximate surface area is 154 Å². The summed E-state index contributed by atoms with van der Waals surface area (Å²) in [4.78, 5) is 30.8. The van der Waals surface area contributed by atoms with Crippen LogP contribution in [0, 0.1) is 0 Å². The average molecular weight is 358 g/mol. The largest absolute Gasteiger partial charge is 0.366 e. The van der Waals surface area contributed by atoms with E-state index in [-0.39, 0.29) is 5.69 Å². The smallest absolute Gasteiger partial charge is 0.323 e. The molecule has 0 saturated carbocycles. The van der Waals surface area contributed by atoms with Crippen LogP contribution in [-0.2, 0) is 19.4 Å². The molecule has 0 amide bonds. The minimum Gasteiger partial charge on any atom is -0.366 e. The van der Waals surface area contributed by atoms with Crippen LogP contribution in [0.5, 0.6) is 0 Å². The molecule has 1 aliphatic carbocycles. The van der Waals surface area contributed by atoms with Crippen LogP contribution in [0.2, 0.25) is 0 Å². The van der Waals surface area contributed by atoms with Crippen molar-refractivity contribution in [2.75, 3.05) is 5.32 Å². The van der Waals surface area contributed by atoms with Gasteiger partial charge in [0.1, 0.15) is 11.5 Å². The molecule has 3 N–H and O–H groups in total. The SMILES string of the molecule is O=c1[nH]c2ccc(CNc3nc(-c4ccccn4)nc4c3CCC4)cc2[nH]1. The molecular weight excluding hydrogens is 340 g/mol. The van der Waals surface area contributed by atoms with Crippen molar-refractivity contribution in [3.05, 3.63) is 69.9 Å². The number of fused-ring (bicyclic) bond motifs is 2. The third-order valence-electron chi connectivity index (χ3n) is 4.87. The lowest BCUT2D eigenvalue weighted by Crippen LogP contribution is -2.08. The number of nitrogens with one attached hydrogen (secondary N) is 3. The van der Waals surface area contributed by atoms with Crippen LogP contribution >= 0.6 is 0 Å². The molecule has 4 aromatic rings. The molecule has 0 radical (unpaired) electrons. The van der Waals surface area contributed by atoms with Gasteiger partial charge in [-0.25, -0.2) is 14.8 Å². The lowest BCUT2D eigenvalue weighted by molar-refractivity contribution is 0.899. The monoisotopic (exact) mass is 358 g/mol. The van der Waals surface area contributed by atoms with Crippen LogP contribution in [0.15, 0.2) is 47.4 Å². The number of nitrogens with zero attached hydrogens (tertiary/aromatic N) is 3. The Morgan fingerprint density at radius 1 is 1.04 bits per heavy atom. The summed E-state index contributed by atoms with van der Waals surface area (Å²) < 4.78 is 0. The lowest BCUT2D eigenvalue weighted by atomic mass is 10.2. The van der Waals surface area contributed by atoms with Crippen molar-refractivity contribution in [2.24, 2.45) is 0 Å². The van der Waals surface area contributed by atoms with Crippen molar-refractivity contribution < 1.29 is 0 Å². The van der Waals surface area contributed by atoms with Crippen LogP contribution in [0.4, 0.5) is 5.82 Å². The molecule has 7 heteroatoms. The van der Waals surface area contributed by atoms with Crippen molar-refractivity contribution in [2.45, 2.75) is 25.8 Å². The molecule has 0 fully saturated rings. The number of anilines is 1. The van der Waals surface area contributed by atoms with E-state index in [0.29, 0.717) is 12.4 Å². The topological polar surface area (TPSA) is 99.3 Å². The molecule has 1 aliphatic rings. The van der Waals surface area contributed by atoms with E-state index in [2.05, 4.69) is 20.3 Å². The molecule has 0 saturated heterocycles. The molecule has 0 atom stereocenters. The molecule has 0 unspecified atom stereocenters. The third kappa shape index (κ3) is 2.97. The van der Waals surface area contributed by atoms with Gasteiger partial charge in [-0.2, -0.15) is 0 Å². The number of aryl methyl sites for hydroxylation is 1. The van der Waals surface area contributed by atoms with Gasteiger partial charge in [0.15, 0.2) is 5.82 Å². The summed E-state index contributed by atoms with van der Waals surface area (Å²) in [6.07, 6.45) is 4.82. The van der Waals surface area contributed by atoms with Gasteiger partial charge in [-0.1, -0.05) is 12.1 Å². The van der Waals surface area contributed by atoms with E-state index < -0.39 is 0 Å². The first kappa shape index (κ1) is 15.7. The summed E-state index contributed by atoms with van der Waals surface area (Å²) in [5, 5.41) is 3.46. The number of imidazole rings is 1. The minimum atomic E-state index is -0.191. The summed E-state index contributed by atoms with van der Waals surface area (Å²) in [6.45, 7) is 0.619. The number of benzene rings is 1. The van der Waals surface area contributed by atoms with Gasteiger partial charge >= 0.3 is 5.69 Å². The van der Waals surface area contributed by atoms with Crippen molar-refractivity contribution in [1.82, 2.24) is 24.9 Å². The molecule has 3 aromatic heterocycles. The van der Waals surface area contributed by atoms with Gasteiger partial charge < -0.3 is 15.3 Å². The Kier molecular flexibility index (Phi) is 3.71. The van der Waals surface area contributed by atoms with Gasteiger partial charge in [0, 0.05) is 24.0 Å². The van der Waals surface area contributed by atoms with E-state index in [1.807, 2.05) is 36.4 Å². The standard InChI is InChI=1S/C20H18N6O/c27-20-24-15-8-7-12(10-17(15)25-20)11-22-18-13-4-3-6-14(13)23-19(26-18)16-5-1-2-9-21-16/h1-2,5,7-10H,3-4,6,11H2,(H,22,23,26)(H2,24,25,27). The quantitative estimate of drug-likeness (QED) is 0.521. The zero-order valence-electron chi connectivity index (χ0n) is 14.6. The van der Waals surface area contributed by atoms with E-state index in [4.69, 9.17) is 9.97 Å². The summed E-state index contributed by atoms with van der Waals surface area (Å²) in [5.74, 6) is 1.53. The van der Waals surface area contributed by atoms with Gasteiger partial charge in [0.05, 0.1) is 11.0 Å². The summed E-state index contributed by atoms with van der Waals surface area (Å²) in [5.41, 5.74) is 5.59. The number of aromatic nitrogens is 5. The Bertz CT molecular complexity index is 1180. The first-order valence-electron chi connectivity index (χ1n) is 9.02. The fourth-order valence-electron chi connectivity index (χ4n) is 3.56. The molecule has 5 rings (SSSR count). The number of pyridine rings is 1. The minimum absolute atomic E-state index is 0.191. The van der Waals surface area contributed by atoms with E-state index in [1.54, 1.807) is 6.20 Å². The van der Waals surface area contributed by atoms with Crippen LogP contribution in [0.3, 0.4) is 0 Å². The van der Waals surface area contributed by atoms with Gasteiger partial charge in [-0.3, -0.25) is 4.98 Å². The predicted molar refractivity (Wildman–Crippen MR) is 104 cm³/mol. The Morgan fingerprint density at radius 2 is 1.96 bits per heavy atom. The summed E-state index contributed by atoms with van der Waals surface area (Å²) >= 11 is 0. The molecule has 0 bridgehead atoms. The van der Waals surface area contributed by atoms with Crippen molar-refractivity contribution in [3.8, 4) is 11.5 Å². The maximum atomic E-state index is 11.4. The first-order valence-corrected chi connectivity index (χ1v) is 9.02. The zero-order chi connectivity index (χ0) is 18.2. The first-order chi connectivity index (χ1) is 13.3. The molecule has 1 aromatic carbocycles. The number of hydrogen-bond donors (Lipinski definition) is 3. The second-order valence-corrected chi connectivity index (χ2v) is 6.70. The van der Waals surface area contributed by atoms with Crippen molar-refractivity contribution in [3.63, 3.8) is 0 Å². The number of aromatic amines is 2. The van der Waals surface area contributed by atoms with E-state index in [9.17, 15) is 4.79 Å². The fourth-order valence-corrected chi connectivity index (χ4v) is 3.56. The Morgan fingerprint density at radius 3 is 2.85 bits per heavy atom. The number of hydrogen-bond acceptors (Lipinski definition) is 5. The summed E-state index contributed by atoms with van der Waals surface area (Å²) in [7, 11) is 0. The fraction of sp³-hybridized carbons (Fsp3) is 0.200. The second kappa shape index (κ2) is 6.35. The zero-order valence-corrected chi connectivity index (χ0v) is 14.6. The molecule has 0 spiro atoms. The average Bonchev–Trinajstić information content (AvgIpc) is 3.31. The second-order valence-electron chi connectivity index (χ2n) is 6.70. The molecule has 134 valence electrons. The maximum Gasteiger partial charge on any atom is 0.323 e. The maximum absolute atomic E-state index is 11.4. The molecule has 7 nitrogen and oxygen atoms in total. The van der Waals surface area contributed by atoms with Crippen LogP contribution in [0.1, 0.15) is 23.2 Å². The highest BCUT2D eigenvalue weighted by atomic mass is 16.1. The van der Waals surface area contributed by atoms with E-state index in [0.717, 1.165) is 53.1 Å². The highest BCUT2D eigenvalue weighted by molar-refractivity contribution is 5.75. The Hall–Kier alpha value is -3.48. The van der Waals surface area contributed by atoms with Gasteiger partial charge in [-0.05, 0) is 49.1 Å². The molecular formula is C20H18N6O. The normalized spacial score (nSPS) is 13.0. The van der Waals surface area contributed by atoms with Gasteiger partial charge in [0.25, 0.3) is 0 Å². The van der Waals surface area contributed by atoms with E-state index in [1.165, 1.54) is 5.56 Å². The highest BCUT2D eigenvalue weighted by Gasteiger charge is 2.20. The molecule has 3 heterocycles. The third-order valence-corrected chi connectivity index (χ3v) is 4.87. The van der Waals surface area contributed by atoms with Crippen molar-refractivity contribution >= 4 is 16.9 Å². The van der Waals surface area contributed by atoms with Crippen LogP contribution < -0.4 is 11.0 Å².